The van der Waals surface area contributed by atoms with E-state index in [-0.39, 0.29) is 54.6 Å². The molecule has 0 radical (unpaired) electrons. The summed E-state index contributed by atoms with van der Waals surface area (Å²) >= 11 is 1.02. The third kappa shape index (κ3) is 27.5. The van der Waals surface area contributed by atoms with Crippen LogP contribution in [-0.4, -0.2) is 172 Å². The van der Waals surface area contributed by atoms with Gasteiger partial charge in [0.2, 0.25) is 64.2 Å². The van der Waals surface area contributed by atoms with Crippen LogP contribution in [0.1, 0.15) is 75.1 Å². The molecule has 0 spiro atoms. The van der Waals surface area contributed by atoms with E-state index in [2.05, 4.69) is 53.2 Å². The number of phenolic OH excluding ortho intramolecular Hbond substituents is 2. The van der Waals surface area contributed by atoms with Gasteiger partial charge in [-0.2, -0.15) is 0 Å². The van der Waals surface area contributed by atoms with Crippen LogP contribution in [0, 0.1) is 5.92 Å². The number of hydrogen-bond donors (Lipinski definition) is 16. The smallest absolute Gasteiger partial charge is 0.305 e. The summed E-state index contributed by atoms with van der Waals surface area (Å²) in [7, 11) is 0. The monoisotopic (exact) mass is 1280 g/mol. The highest BCUT2D eigenvalue weighted by Crippen LogP contribution is 2.17. The normalized spacial score (nSPS) is 13.6. The first kappa shape index (κ1) is 74.0. The molecule has 28 nitrogen and oxygen atoms in total. The third-order valence-corrected chi connectivity index (χ3v) is 14.8. The van der Waals surface area contributed by atoms with Crippen molar-refractivity contribution in [1.82, 2.24) is 53.2 Å². The second-order valence-corrected chi connectivity index (χ2v) is 22.7. The summed E-state index contributed by atoms with van der Waals surface area (Å²) < 4.78 is 0. The Labute approximate surface area is 530 Å². The van der Waals surface area contributed by atoms with Crippen molar-refractivity contribution < 1.29 is 78.0 Å². The van der Waals surface area contributed by atoms with Crippen LogP contribution < -0.4 is 64.6 Å². The Balaban J connectivity index is 1.46. The molecule has 8 atom stereocenters. The van der Waals surface area contributed by atoms with E-state index in [1.807, 2.05) is 30.3 Å². The number of rotatable bonds is 38. The molecule has 4 aromatic carbocycles. The van der Waals surface area contributed by atoms with Gasteiger partial charge in [-0.3, -0.25) is 57.5 Å². The molecule has 492 valence electrons. The lowest BCUT2D eigenvalue weighted by molar-refractivity contribution is -0.141. The topological polar surface area (TPSA) is 458 Å². The average Bonchev–Trinajstić information content (AvgIpc) is 1.93. The van der Waals surface area contributed by atoms with Gasteiger partial charge in [0.1, 0.15) is 53.8 Å². The lowest BCUT2D eigenvalue weighted by Crippen LogP contribution is -2.60. The van der Waals surface area contributed by atoms with Gasteiger partial charge in [0.15, 0.2) is 0 Å². The molecule has 0 saturated carbocycles. The van der Waals surface area contributed by atoms with Gasteiger partial charge in [0.25, 0.3) is 0 Å². The zero-order chi connectivity index (χ0) is 67.0. The summed E-state index contributed by atoms with van der Waals surface area (Å²) in [6, 6.07) is 17.6. The molecule has 91 heavy (non-hydrogen) atoms. The Morgan fingerprint density at radius 1 is 0.451 bits per heavy atom. The van der Waals surface area contributed by atoms with Gasteiger partial charge in [-0.25, -0.2) is 0 Å². The molecule has 29 heteroatoms. The summed E-state index contributed by atoms with van der Waals surface area (Å²) in [5.41, 5.74) is 13.4. The first-order chi connectivity index (χ1) is 43.4. The molecule has 0 heterocycles. The number of nitrogens with two attached hydrogens (primary N) is 2. The maximum Gasteiger partial charge on any atom is 0.305 e. The lowest BCUT2D eigenvalue weighted by atomic mass is 10.00. The Morgan fingerprint density at radius 3 is 1.40 bits per heavy atom. The van der Waals surface area contributed by atoms with E-state index in [0.29, 0.717) is 41.8 Å². The molecule has 18 N–H and O–H groups in total. The van der Waals surface area contributed by atoms with E-state index in [1.54, 1.807) is 44.2 Å². The van der Waals surface area contributed by atoms with Gasteiger partial charge >= 0.3 is 5.97 Å². The number of aliphatic carboxylic acids is 1. The van der Waals surface area contributed by atoms with Crippen LogP contribution in [0.25, 0.3) is 0 Å². The maximum atomic E-state index is 14.4. The number of phenols is 2. The highest BCUT2D eigenvalue weighted by molar-refractivity contribution is 8.13. The quantitative estimate of drug-likeness (QED) is 0.0223. The summed E-state index contributed by atoms with van der Waals surface area (Å²) in [5, 5.41) is 64.1. The number of aliphatic hydroxyl groups excluding tert-OH is 1. The number of unbranched alkanes of at least 4 members (excludes halogenated alkanes) is 1. The van der Waals surface area contributed by atoms with Crippen molar-refractivity contribution in [2.24, 2.45) is 17.4 Å². The largest absolute Gasteiger partial charge is 0.508 e. The molecule has 4 aromatic rings. The lowest BCUT2D eigenvalue weighted by Gasteiger charge is -2.28. The van der Waals surface area contributed by atoms with E-state index in [4.69, 9.17) is 11.5 Å². The fourth-order valence-electron chi connectivity index (χ4n) is 8.87. The Bertz CT molecular complexity index is 3090. The van der Waals surface area contributed by atoms with Gasteiger partial charge in [0, 0.05) is 25.0 Å². The second kappa shape index (κ2) is 38.8. The third-order valence-electron chi connectivity index (χ3n) is 13.7. The highest BCUT2D eigenvalue weighted by Gasteiger charge is 2.35. The molecule has 0 bridgehead atoms. The summed E-state index contributed by atoms with van der Waals surface area (Å²) in [6.45, 7) is 2.20. The van der Waals surface area contributed by atoms with Crippen molar-refractivity contribution in [2.75, 3.05) is 32.8 Å². The number of aliphatic hydroxyl groups is 1. The number of carbonyl (C=O) groups excluding carboxylic acids is 11. The molecular weight excluding hydrogens is 1200 g/mol. The Hall–Kier alpha value is -9.45. The number of thioether (sulfide) groups is 1. The van der Waals surface area contributed by atoms with Crippen molar-refractivity contribution in [2.45, 2.75) is 126 Å². The summed E-state index contributed by atoms with van der Waals surface area (Å²) in [5.74, 6) is -10.6. The fourth-order valence-corrected chi connectivity index (χ4v) is 9.68. The van der Waals surface area contributed by atoms with Crippen LogP contribution in [0.3, 0.4) is 0 Å². The highest BCUT2D eigenvalue weighted by atomic mass is 32.2. The number of carbonyl (C=O) groups is 12. The average molecular weight is 1280 g/mol. The molecule has 0 aliphatic heterocycles. The number of nitrogens with one attached hydrogen (secondary N) is 10. The molecule has 0 unspecified atom stereocenters. The second-order valence-electron chi connectivity index (χ2n) is 21.7. The summed E-state index contributed by atoms with van der Waals surface area (Å²) in [4.78, 5) is 161. The SMILES string of the molecule is CC(C)C[C@H](NC(=O)[C@H](CO)NC(=O)[C@H](Cc1ccccc1)NC(=O)CNC(=O)CNC(=O)[C@H](Cc1ccc(O)cc1)NC(=O)[C@H](CC(=O)O)NC(=O)CN)C(=O)N[C@@H](Cc1ccc(O)cc1)C(=O)N[C@@H](CCCCN)C(=O)N[C@@H](C)C(=O)SCc1ccccc1. The van der Waals surface area contributed by atoms with Crippen LogP contribution in [0.4, 0.5) is 0 Å². The number of carboxylic acids is 1. The molecular formula is C62H82N12O16S. The van der Waals surface area contributed by atoms with Crippen molar-refractivity contribution in [1.29, 1.82) is 0 Å². The zero-order valence-electron chi connectivity index (χ0n) is 50.7. The maximum absolute atomic E-state index is 14.4. The van der Waals surface area contributed by atoms with Gasteiger partial charge in [-0.1, -0.05) is 111 Å². The Morgan fingerprint density at radius 2 is 0.879 bits per heavy atom. The number of carboxylic acid groups (broad SMARTS) is 1. The predicted octanol–water partition coefficient (Wildman–Crippen LogP) is -1.68. The number of aromatic hydroxyl groups is 2. The van der Waals surface area contributed by atoms with Crippen molar-refractivity contribution >= 4 is 81.9 Å². The predicted molar refractivity (Wildman–Crippen MR) is 334 cm³/mol. The van der Waals surface area contributed by atoms with Crippen molar-refractivity contribution in [3.63, 3.8) is 0 Å². The molecule has 10 amide bonds. The molecule has 0 fully saturated rings. The standard InChI is InChI=1S/C62H82N12O16S/c1-36(2)26-45(57(85)73-48(29-40-19-23-43(77)24-20-40)59(87)70-44(16-10-11-25-63)56(84)67-37(3)62(90)91-35-41-14-8-5-9-15-41)71-61(89)50(34-75)74-58(86)47(27-38-12-6-4-7-13-38)69-53(80)33-65-52(79)32-66-55(83)46(28-39-17-21-42(76)22-18-39)72-60(88)49(30-54(81)82)68-51(78)31-64/h4-9,12-15,17-24,36-37,44-50,75-77H,10-11,16,25-35,63-64H2,1-3H3,(H,65,79)(H,66,83)(H,67,84)(H,68,78)(H,69,80)(H,70,87)(H,71,89)(H,72,88)(H,73,85)(H,74,86)(H,81,82)/t37-,44-,45-,46-,47-,48-,49-,50-/m0/s1. The zero-order valence-corrected chi connectivity index (χ0v) is 51.6. The van der Waals surface area contributed by atoms with Crippen LogP contribution in [0.5, 0.6) is 11.5 Å². The van der Waals surface area contributed by atoms with Crippen LogP contribution in [0.15, 0.2) is 109 Å². The van der Waals surface area contributed by atoms with Gasteiger partial charge in [0.05, 0.1) is 38.7 Å². The van der Waals surface area contributed by atoms with Gasteiger partial charge in [-0.15, -0.1) is 0 Å². The van der Waals surface area contributed by atoms with E-state index in [0.717, 1.165) is 17.3 Å². The molecule has 0 aliphatic rings. The molecule has 0 aromatic heterocycles. The van der Waals surface area contributed by atoms with E-state index >= 15 is 0 Å². The van der Waals surface area contributed by atoms with Crippen LogP contribution in [-0.2, 0) is 82.5 Å². The number of amides is 10. The van der Waals surface area contributed by atoms with E-state index in [9.17, 15) is 78.0 Å². The van der Waals surface area contributed by atoms with Gasteiger partial charge in [-0.05, 0) is 91.6 Å². The number of benzene rings is 4. The minimum atomic E-state index is -1.74. The molecule has 0 saturated heterocycles. The molecule has 0 aliphatic carbocycles. The minimum absolute atomic E-state index is 0.0277. The van der Waals surface area contributed by atoms with Crippen molar-refractivity contribution in [3.05, 3.63) is 131 Å². The first-order valence-corrected chi connectivity index (χ1v) is 30.3. The summed E-state index contributed by atoms with van der Waals surface area (Å²) in [6.07, 6.45) is -0.472. The minimum Gasteiger partial charge on any atom is -0.508 e. The van der Waals surface area contributed by atoms with E-state index in [1.165, 1.54) is 55.5 Å². The van der Waals surface area contributed by atoms with Gasteiger partial charge < -0.3 is 85.1 Å². The van der Waals surface area contributed by atoms with Crippen LogP contribution in [0.2, 0.25) is 0 Å². The van der Waals surface area contributed by atoms with Crippen molar-refractivity contribution in [3.8, 4) is 11.5 Å². The Kier molecular flexibility index (Phi) is 31.6. The molecule has 4 rings (SSSR count). The number of hydrogen-bond acceptors (Lipinski definition) is 18. The first-order valence-electron chi connectivity index (χ1n) is 29.4. The van der Waals surface area contributed by atoms with E-state index < -0.39 is 146 Å². The van der Waals surface area contributed by atoms with Crippen LogP contribution >= 0.6 is 11.8 Å². The fraction of sp³-hybridized carbons (Fsp3) is 0.419.